The van der Waals surface area contributed by atoms with Gasteiger partial charge < -0.3 is 76.6 Å². The second kappa shape index (κ2) is 10.1. The number of nitrogens with zero attached hydrogens (tertiary/aromatic N) is 4. The number of phenolic OH excluding ortho intramolecular Hbond substituents is 8. The molecule has 14 N–H and O–H groups in total. The molecule has 5 rings (SSSR count). The summed E-state index contributed by atoms with van der Waals surface area (Å²) in [5, 5.41) is 131. The minimum Gasteiger partial charge on any atom is -0.503 e. The summed E-state index contributed by atoms with van der Waals surface area (Å²) >= 11 is 0. The van der Waals surface area contributed by atoms with E-state index in [0.29, 0.717) is 4.90 Å². The van der Waals surface area contributed by atoms with Crippen LogP contribution in [0.15, 0.2) is 0 Å². The van der Waals surface area contributed by atoms with E-state index in [0.717, 1.165) is 7.11 Å². The number of anilines is 2. The minimum atomic E-state index is -3.56. The molecule has 0 aliphatic carbocycles. The number of benzene rings is 2. The molecule has 246 valence electrons. The maximum atomic E-state index is 14.0. The van der Waals surface area contributed by atoms with Gasteiger partial charge in [-0.3, -0.25) is 14.4 Å². The summed E-state index contributed by atoms with van der Waals surface area (Å²) in [7, 11) is 0.942. The number of carbonyl (C=O) groups is 3. The summed E-state index contributed by atoms with van der Waals surface area (Å²) in [6.07, 6.45) is -1.79. The van der Waals surface area contributed by atoms with E-state index in [1.165, 1.54) is 0 Å². The molecule has 1 fully saturated rings. The van der Waals surface area contributed by atoms with Crippen LogP contribution >= 0.6 is 0 Å². The summed E-state index contributed by atoms with van der Waals surface area (Å²) in [5.74, 6) is -23.0. The number of hydrogen-bond acceptors (Lipinski definition) is 17. The molecule has 1 saturated heterocycles. The number of ether oxygens (including phenoxy) is 1. The van der Waals surface area contributed by atoms with Crippen LogP contribution in [0, 0.1) is 0 Å². The number of aliphatic hydroxyl groups is 4. The van der Waals surface area contributed by atoms with Gasteiger partial charge in [-0.15, -0.1) is 0 Å². The van der Waals surface area contributed by atoms with E-state index >= 15 is 0 Å². The highest BCUT2D eigenvalue weighted by atomic mass is 16.5. The maximum absolute atomic E-state index is 14.0. The number of phenols is 8. The Bertz CT molecular complexity index is 1810. The smallest absolute Gasteiger partial charge is 0.287 e. The Labute approximate surface area is 254 Å². The Morgan fingerprint density at radius 3 is 1.80 bits per heavy atom. The first kappa shape index (κ1) is 31.5. The lowest BCUT2D eigenvalue weighted by Crippen LogP contribution is -2.57. The maximum Gasteiger partial charge on any atom is 0.287 e. The molecular formula is C25H25N5O16. The second-order valence-electron chi connectivity index (χ2n) is 10.3. The Hall–Kier alpha value is -5.90. The summed E-state index contributed by atoms with van der Waals surface area (Å²) < 4.78 is 4.96. The van der Waals surface area contributed by atoms with Crippen molar-refractivity contribution in [1.29, 1.82) is 0 Å². The van der Waals surface area contributed by atoms with Crippen LogP contribution in [-0.4, -0.2) is 114 Å². The van der Waals surface area contributed by atoms with Crippen molar-refractivity contribution in [3.63, 3.8) is 0 Å². The number of methoxy groups -OCH3 is 1. The van der Waals surface area contributed by atoms with E-state index in [4.69, 9.17) is 10.5 Å². The van der Waals surface area contributed by atoms with Crippen LogP contribution < -0.4 is 20.3 Å². The van der Waals surface area contributed by atoms with Gasteiger partial charge in [-0.2, -0.15) is 5.10 Å². The van der Waals surface area contributed by atoms with Crippen LogP contribution in [0.25, 0.3) is 5.69 Å². The van der Waals surface area contributed by atoms with Crippen molar-refractivity contribution in [1.82, 2.24) is 9.78 Å². The standard InChI is InChI=1S/C25H25N5O16/c1-46-20-18(37)16(35)11(17(36)19(20)38)30-8-6(7(27-30)21(26)39)5-25(44,45)29(22(8)40)10-14(33)12(31)9(13(32)15(10)34)28-4-2-3-24(42,43)23(28)41/h31-38,42-45H,2-5H2,1H3,(H2,26,39). The predicted molar refractivity (Wildman–Crippen MR) is 145 cm³/mol. The third-order valence-corrected chi connectivity index (χ3v) is 7.47. The van der Waals surface area contributed by atoms with Crippen molar-refractivity contribution in [3.05, 3.63) is 17.0 Å². The summed E-state index contributed by atoms with van der Waals surface area (Å²) in [6.45, 7) is -0.374. The van der Waals surface area contributed by atoms with Gasteiger partial charge in [0.1, 0.15) is 17.1 Å². The number of amides is 3. The first-order valence-electron chi connectivity index (χ1n) is 12.8. The first-order valence-corrected chi connectivity index (χ1v) is 12.8. The van der Waals surface area contributed by atoms with Gasteiger partial charge >= 0.3 is 0 Å². The molecule has 3 aromatic rings. The molecule has 0 atom stereocenters. The zero-order valence-electron chi connectivity index (χ0n) is 23.2. The van der Waals surface area contributed by atoms with E-state index in [9.17, 15) is 75.7 Å². The molecule has 0 spiro atoms. The van der Waals surface area contributed by atoms with Crippen LogP contribution in [0.3, 0.4) is 0 Å². The number of nitrogens with two attached hydrogens (primary N) is 1. The molecule has 21 nitrogen and oxygen atoms in total. The van der Waals surface area contributed by atoms with Crippen LogP contribution in [0.2, 0.25) is 0 Å². The van der Waals surface area contributed by atoms with Crippen molar-refractivity contribution < 1.29 is 80.4 Å². The lowest BCUT2D eigenvalue weighted by atomic mass is 9.97. The van der Waals surface area contributed by atoms with Crippen LogP contribution in [-0.2, 0) is 11.2 Å². The van der Waals surface area contributed by atoms with E-state index in [1.807, 2.05) is 0 Å². The number of hydrogen-bond donors (Lipinski definition) is 13. The molecule has 2 aliphatic heterocycles. The van der Waals surface area contributed by atoms with Crippen molar-refractivity contribution in [3.8, 4) is 57.4 Å². The third kappa shape index (κ3) is 4.17. The van der Waals surface area contributed by atoms with Gasteiger partial charge in [-0.05, 0) is 6.42 Å². The Kier molecular flexibility index (Phi) is 6.90. The molecule has 2 aliphatic rings. The van der Waals surface area contributed by atoms with Gasteiger partial charge in [0, 0.05) is 18.5 Å². The zero-order chi connectivity index (χ0) is 34.4. The van der Waals surface area contributed by atoms with Crippen molar-refractivity contribution >= 4 is 29.1 Å². The molecule has 21 heteroatoms. The SMILES string of the molecule is COc1c(O)c(O)c(-n2nc(C(N)=O)c3c2C(=O)N(c2c(O)c(O)c(N4CCCC(O)(O)C4=O)c(O)c2O)C(O)(O)C3)c(O)c1O. The van der Waals surface area contributed by atoms with Crippen molar-refractivity contribution in [2.75, 3.05) is 23.5 Å². The molecule has 0 unspecified atom stereocenters. The van der Waals surface area contributed by atoms with Crippen LogP contribution in [0.4, 0.5) is 11.4 Å². The number of primary amides is 1. The normalized spacial score (nSPS) is 17.2. The molecule has 3 amide bonds. The lowest BCUT2D eigenvalue weighted by molar-refractivity contribution is -0.188. The molecule has 0 bridgehead atoms. The number of rotatable bonds is 5. The summed E-state index contributed by atoms with van der Waals surface area (Å²) in [4.78, 5) is 39.0. The van der Waals surface area contributed by atoms with Gasteiger partial charge in [0.15, 0.2) is 45.9 Å². The molecular weight excluding hydrogens is 626 g/mol. The topological polar surface area (TPSA) is 354 Å². The third-order valence-electron chi connectivity index (χ3n) is 7.47. The number of aromatic nitrogens is 2. The van der Waals surface area contributed by atoms with Gasteiger partial charge in [0.05, 0.1) is 13.5 Å². The lowest BCUT2D eigenvalue weighted by Gasteiger charge is -2.40. The Morgan fingerprint density at radius 1 is 0.804 bits per heavy atom. The number of piperidine rings is 1. The average molecular weight is 651 g/mol. The number of aromatic hydroxyl groups is 8. The fraction of sp³-hybridized carbons (Fsp3) is 0.280. The molecule has 3 heterocycles. The monoisotopic (exact) mass is 651 g/mol. The summed E-state index contributed by atoms with van der Waals surface area (Å²) in [6, 6.07) is 0. The Morgan fingerprint density at radius 2 is 1.30 bits per heavy atom. The number of carbonyl (C=O) groups excluding carboxylic acids is 3. The molecule has 0 saturated carbocycles. The quantitative estimate of drug-likeness (QED) is 0.0756. The predicted octanol–water partition coefficient (Wildman–Crippen LogP) is -2.73. The second-order valence-corrected chi connectivity index (χ2v) is 10.3. The van der Waals surface area contributed by atoms with E-state index in [1.54, 1.807) is 0 Å². The van der Waals surface area contributed by atoms with Gasteiger partial charge in [-0.25, -0.2) is 9.58 Å². The van der Waals surface area contributed by atoms with E-state index in [2.05, 4.69) is 5.10 Å². The molecule has 2 aromatic carbocycles. The van der Waals surface area contributed by atoms with Crippen LogP contribution in [0.5, 0.6) is 51.7 Å². The highest BCUT2D eigenvalue weighted by Gasteiger charge is 2.52. The zero-order valence-corrected chi connectivity index (χ0v) is 23.2. The van der Waals surface area contributed by atoms with E-state index < -0.39 is 128 Å². The molecule has 1 aromatic heterocycles. The van der Waals surface area contributed by atoms with Crippen molar-refractivity contribution in [2.45, 2.75) is 31.0 Å². The molecule has 46 heavy (non-hydrogen) atoms. The fourth-order valence-corrected chi connectivity index (χ4v) is 5.38. The van der Waals surface area contributed by atoms with Crippen molar-refractivity contribution in [2.24, 2.45) is 5.73 Å². The number of fused-ring (bicyclic) bond motifs is 1. The van der Waals surface area contributed by atoms with Crippen LogP contribution in [0.1, 0.15) is 39.4 Å². The van der Waals surface area contributed by atoms with Gasteiger partial charge in [0.25, 0.3) is 23.6 Å². The average Bonchev–Trinajstić information content (AvgIpc) is 3.33. The highest BCUT2D eigenvalue weighted by Crippen LogP contribution is 2.59. The van der Waals surface area contributed by atoms with Gasteiger partial charge in [0.2, 0.25) is 23.0 Å². The molecule has 0 radical (unpaired) electrons. The Balaban J connectivity index is 1.77. The van der Waals surface area contributed by atoms with E-state index in [-0.39, 0.29) is 22.5 Å². The largest absolute Gasteiger partial charge is 0.503 e. The fourth-order valence-electron chi connectivity index (χ4n) is 5.38. The minimum absolute atomic E-state index is 0.104. The highest BCUT2D eigenvalue weighted by molar-refractivity contribution is 6.13. The van der Waals surface area contributed by atoms with Gasteiger partial charge in [-0.1, -0.05) is 0 Å². The summed E-state index contributed by atoms with van der Waals surface area (Å²) in [5.41, 5.74) is -0.710. The first-order chi connectivity index (χ1) is 21.3.